The zero-order valence-corrected chi connectivity index (χ0v) is 12.2. The average Bonchev–Trinajstić information content (AvgIpc) is 3.14. The molecule has 0 saturated heterocycles. The van der Waals surface area contributed by atoms with Gasteiger partial charge in [0.05, 0.1) is 17.8 Å². The number of carboxylic acid groups (broad SMARTS) is 1. The minimum absolute atomic E-state index is 0.00529. The molecule has 2 rings (SSSR count). The highest BCUT2D eigenvalue weighted by molar-refractivity contribution is 7.12. The molecule has 114 valence electrons. The van der Waals surface area contributed by atoms with Crippen LogP contribution in [-0.2, 0) is 9.59 Å². The maximum Gasteiger partial charge on any atom is 0.304 e. The average molecular weight is 311 g/mol. The number of amides is 2. The van der Waals surface area contributed by atoms with Gasteiger partial charge in [0.2, 0.25) is 0 Å². The lowest BCUT2D eigenvalue weighted by atomic mass is 10.3. The van der Waals surface area contributed by atoms with E-state index in [0.29, 0.717) is 11.4 Å². The Bertz CT molecular complexity index is 513. The van der Waals surface area contributed by atoms with E-state index < -0.39 is 5.97 Å². The van der Waals surface area contributed by atoms with E-state index in [1.54, 1.807) is 17.5 Å². The third kappa shape index (κ3) is 5.16. The zero-order chi connectivity index (χ0) is 15.2. The maximum absolute atomic E-state index is 11.8. The van der Waals surface area contributed by atoms with Crippen LogP contribution in [0.25, 0.3) is 0 Å². The number of nitrogens with zero attached hydrogens (tertiary/aromatic N) is 1. The van der Waals surface area contributed by atoms with Gasteiger partial charge in [-0.15, -0.1) is 11.3 Å². The molecule has 1 heterocycles. The number of hydrogen-bond donors (Lipinski definition) is 3. The van der Waals surface area contributed by atoms with E-state index >= 15 is 0 Å². The van der Waals surface area contributed by atoms with Crippen molar-refractivity contribution in [2.24, 2.45) is 0 Å². The number of hydrogen-bond acceptors (Lipinski definition) is 5. The van der Waals surface area contributed by atoms with Crippen LogP contribution in [0.2, 0.25) is 0 Å². The monoisotopic (exact) mass is 311 g/mol. The first-order valence-corrected chi connectivity index (χ1v) is 7.53. The molecule has 1 fully saturated rings. The van der Waals surface area contributed by atoms with Crippen LogP contribution in [0.15, 0.2) is 17.5 Å². The van der Waals surface area contributed by atoms with E-state index in [9.17, 15) is 14.4 Å². The second kappa shape index (κ2) is 7.19. The number of aliphatic carboxylic acids is 1. The normalized spacial score (nSPS) is 14.0. The lowest BCUT2D eigenvalue weighted by Gasteiger charge is -2.20. The predicted molar refractivity (Wildman–Crippen MR) is 76.8 cm³/mol. The summed E-state index contributed by atoms with van der Waals surface area (Å²) in [6, 6.07) is 3.69. The fourth-order valence-corrected chi connectivity index (χ4v) is 2.51. The summed E-state index contributed by atoms with van der Waals surface area (Å²) in [5, 5.41) is 10.5. The molecular formula is C13H17N3O4S. The van der Waals surface area contributed by atoms with Gasteiger partial charge in [-0.05, 0) is 24.3 Å². The van der Waals surface area contributed by atoms with E-state index in [-0.39, 0.29) is 30.8 Å². The second-order valence-electron chi connectivity index (χ2n) is 4.82. The SMILES string of the molecule is O=C(O)CCN(CC(=O)NNC(=O)c1cccs1)C1CC1. The van der Waals surface area contributed by atoms with Crippen molar-refractivity contribution in [3.8, 4) is 0 Å². The quantitative estimate of drug-likeness (QED) is 0.635. The number of carbonyl (C=O) groups excluding carboxylic acids is 2. The minimum Gasteiger partial charge on any atom is -0.481 e. The molecule has 0 aliphatic heterocycles. The smallest absolute Gasteiger partial charge is 0.304 e. The summed E-state index contributed by atoms with van der Waals surface area (Å²) in [4.78, 5) is 36.4. The fourth-order valence-electron chi connectivity index (χ4n) is 1.89. The van der Waals surface area contributed by atoms with Crippen molar-refractivity contribution in [3.63, 3.8) is 0 Å². The van der Waals surface area contributed by atoms with Crippen LogP contribution < -0.4 is 10.9 Å². The molecule has 1 aromatic rings. The van der Waals surface area contributed by atoms with Crippen molar-refractivity contribution in [2.45, 2.75) is 25.3 Å². The van der Waals surface area contributed by atoms with Gasteiger partial charge in [-0.25, -0.2) is 0 Å². The van der Waals surface area contributed by atoms with Gasteiger partial charge in [0.1, 0.15) is 0 Å². The first kappa shape index (κ1) is 15.5. The fraction of sp³-hybridized carbons (Fsp3) is 0.462. The van der Waals surface area contributed by atoms with Crippen molar-refractivity contribution < 1.29 is 19.5 Å². The first-order chi connectivity index (χ1) is 10.1. The van der Waals surface area contributed by atoms with Crippen molar-refractivity contribution >= 4 is 29.1 Å². The standard InChI is InChI=1S/C13H17N3O4S/c17-11(14-15-13(20)10-2-1-7-21-10)8-16(9-3-4-9)6-5-12(18)19/h1-2,7,9H,3-6,8H2,(H,14,17)(H,15,20)(H,18,19). The number of nitrogens with one attached hydrogen (secondary N) is 2. The molecule has 3 N–H and O–H groups in total. The molecule has 1 aliphatic carbocycles. The Morgan fingerprint density at radius 1 is 1.33 bits per heavy atom. The molecular weight excluding hydrogens is 294 g/mol. The summed E-state index contributed by atoms with van der Waals surface area (Å²) in [7, 11) is 0. The molecule has 8 heteroatoms. The molecule has 1 saturated carbocycles. The Morgan fingerprint density at radius 2 is 2.10 bits per heavy atom. The number of rotatable bonds is 7. The van der Waals surface area contributed by atoms with Crippen molar-refractivity contribution in [3.05, 3.63) is 22.4 Å². The minimum atomic E-state index is -0.882. The second-order valence-corrected chi connectivity index (χ2v) is 5.77. The van der Waals surface area contributed by atoms with Gasteiger partial charge in [-0.1, -0.05) is 6.07 Å². The van der Waals surface area contributed by atoms with Crippen molar-refractivity contribution in [1.82, 2.24) is 15.8 Å². The van der Waals surface area contributed by atoms with Crippen LogP contribution in [0.1, 0.15) is 28.9 Å². The molecule has 0 spiro atoms. The van der Waals surface area contributed by atoms with Crippen LogP contribution in [0.5, 0.6) is 0 Å². The summed E-state index contributed by atoms with van der Waals surface area (Å²) < 4.78 is 0. The van der Waals surface area contributed by atoms with Crippen LogP contribution in [0.4, 0.5) is 0 Å². The van der Waals surface area contributed by atoms with Crippen LogP contribution >= 0.6 is 11.3 Å². The highest BCUT2D eigenvalue weighted by atomic mass is 32.1. The van der Waals surface area contributed by atoms with E-state index in [2.05, 4.69) is 10.9 Å². The predicted octanol–water partition coefficient (Wildman–Crippen LogP) is 0.448. The van der Waals surface area contributed by atoms with Gasteiger partial charge in [-0.2, -0.15) is 0 Å². The number of carbonyl (C=O) groups is 3. The summed E-state index contributed by atoms with van der Waals surface area (Å²) >= 11 is 1.28. The van der Waals surface area contributed by atoms with Gasteiger partial charge in [0.15, 0.2) is 0 Å². The van der Waals surface area contributed by atoms with Gasteiger partial charge < -0.3 is 5.11 Å². The molecule has 0 radical (unpaired) electrons. The zero-order valence-electron chi connectivity index (χ0n) is 11.4. The van der Waals surface area contributed by atoms with E-state index in [4.69, 9.17) is 5.11 Å². The summed E-state index contributed by atoms with van der Waals surface area (Å²) in [5.41, 5.74) is 4.69. The molecule has 1 aromatic heterocycles. The number of carboxylic acids is 1. The third-order valence-corrected chi connectivity index (χ3v) is 3.95. The Labute approximate surface area is 125 Å². The van der Waals surface area contributed by atoms with Gasteiger partial charge >= 0.3 is 5.97 Å². The molecule has 2 amide bonds. The molecule has 1 aliphatic rings. The Balaban J connectivity index is 1.74. The van der Waals surface area contributed by atoms with E-state index in [1.165, 1.54) is 11.3 Å². The molecule has 7 nitrogen and oxygen atoms in total. The third-order valence-electron chi connectivity index (χ3n) is 3.08. The number of hydrazine groups is 1. The van der Waals surface area contributed by atoms with Crippen LogP contribution in [0, 0.1) is 0 Å². The molecule has 0 atom stereocenters. The Kier molecular flexibility index (Phi) is 5.29. The highest BCUT2D eigenvalue weighted by Crippen LogP contribution is 2.26. The van der Waals surface area contributed by atoms with Gasteiger partial charge in [0.25, 0.3) is 11.8 Å². The van der Waals surface area contributed by atoms with Gasteiger partial charge in [0, 0.05) is 12.6 Å². The van der Waals surface area contributed by atoms with Crippen LogP contribution in [0.3, 0.4) is 0 Å². The summed E-state index contributed by atoms with van der Waals surface area (Å²) in [6.07, 6.45) is 1.97. The Hall–Kier alpha value is -1.93. The van der Waals surface area contributed by atoms with Crippen LogP contribution in [-0.4, -0.2) is 46.9 Å². The lowest BCUT2D eigenvalue weighted by Crippen LogP contribution is -2.47. The first-order valence-electron chi connectivity index (χ1n) is 6.65. The van der Waals surface area contributed by atoms with Crippen molar-refractivity contribution in [1.29, 1.82) is 0 Å². The number of thiophene rings is 1. The van der Waals surface area contributed by atoms with Gasteiger partial charge in [-0.3, -0.25) is 30.1 Å². The van der Waals surface area contributed by atoms with Crippen molar-refractivity contribution in [2.75, 3.05) is 13.1 Å². The molecule has 0 bridgehead atoms. The molecule has 0 unspecified atom stereocenters. The van der Waals surface area contributed by atoms with E-state index in [1.807, 2.05) is 4.90 Å². The lowest BCUT2D eigenvalue weighted by molar-refractivity contribution is -0.137. The largest absolute Gasteiger partial charge is 0.481 e. The molecule has 21 heavy (non-hydrogen) atoms. The maximum atomic E-state index is 11.8. The summed E-state index contributed by atoms with van der Waals surface area (Å²) in [6.45, 7) is 0.426. The summed E-state index contributed by atoms with van der Waals surface area (Å²) in [5.74, 6) is -1.59. The van der Waals surface area contributed by atoms with E-state index in [0.717, 1.165) is 12.8 Å². The highest BCUT2D eigenvalue weighted by Gasteiger charge is 2.30. The Morgan fingerprint density at radius 3 is 2.67 bits per heavy atom. The topological polar surface area (TPSA) is 98.7 Å². The molecule has 0 aromatic carbocycles.